The van der Waals surface area contributed by atoms with Crippen molar-refractivity contribution in [2.75, 3.05) is 7.11 Å². The molecule has 0 bridgehead atoms. The number of nitrogens with one attached hydrogen (secondary N) is 1. The third-order valence-corrected chi connectivity index (χ3v) is 4.35. The van der Waals surface area contributed by atoms with Gasteiger partial charge in [0, 0.05) is 13.2 Å². The second kappa shape index (κ2) is 5.03. The summed E-state index contributed by atoms with van der Waals surface area (Å²) in [4.78, 5) is 0. The Labute approximate surface area is 82.2 Å². The molecule has 1 saturated heterocycles. The van der Waals surface area contributed by atoms with E-state index in [1.54, 1.807) is 7.11 Å². The van der Waals surface area contributed by atoms with E-state index in [2.05, 4.69) is 17.0 Å². The Balaban J connectivity index is 2.74. The largest absolute Gasteiger partial charge is 0.405 e. The van der Waals surface area contributed by atoms with E-state index in [4.69, 9.17) is 4.74 Å². The average molecular weight is 204 g/mol. The molecule has 0 aromatic carbocycles. The fraction of sp³-hybridized carbons (Fsp3) is 0.889. The van der Waals surface area contributed by atoms with Crippen LogP contribution in [0.4, 0.5) is 0 Å². The molecule has 0 aliphatic carbocycles. The molecule has 4 heteroatoms. The predicted molar refractivity (Wildman–Crippen MR) is 55.6 cm³/mol. The number of ether oxygens (including phenoxy) is 1. The summed E-state index contributed by atoms with van der Waals surface area (Å²) in [6, 6.07) is 0.135. The lowest BCUT2D eigenvalue weighted by Crippen LogP contribution is -2.36. The topological polar surface area (TPSA) is 41.5 Å². The summed E-state index contributed by atoms with van der Waals surface area (Å²) >= 11 is 0. The van der Waals surface area contributed by atoms with Crippen LogP contribution in [-0.2, 0) is 15.2 Å². The van der Waals surface area contributed by atoms with E-state index in [9.17, 15) is 5.11 Å². The highest BCUT2D eigenvalue weighted by Gasteiger charge is 2.15. The summed E-state index contributed by atoms with van der Waals surface area (Å²) in [6.45, 7) is 4.16. The molecule has 3 nitrogen and oxygen atoms in total. The van der Waals surface area contributed by atoms with Crippen molar-refractivity contribution >= 4 is 10.5 Å². The summed E-state index contributed by atoms with van der Waals surface area (Å²) in [6.07, 6.45) is 1.65. The lowest BCUT2D eigenvalue weighted by molar-refractivity contribution is 0.137. The van der Waals surface area contributed by atoms with Gasteiger partial charge in [0.25, 0.3) is 0 Å². The van der Waals surface area contributed by atoms with Gasteiger partial charge in [0.2, 0.25) is 0 Å². The maximum atomic E-state index is 9.63. The molecule has 0 aromatic heterocycles. The van der Waals surface area contributed by atoms with Gasteiger partial charge in [0.05, 0.1) is 6.10 Å². The number of aliphatic hydroxyl groups is 1. The Morgan fingerprint density at radius 3 is 2.77 bits per heavy atom. The quantitative estimate of drug-likeness (QED) is 0.568. The summed E-state index contributed by atoms with van der Waals surface area (Å²) in [5.41, 5.74) is 0. The molecule has 2 N–H and O–H groups in total. The van der Waals surface area contributed by atoms with Crippen LogP contribution in [0.2, 0.25) is 0 Å². The van der Waals surface area contributed by atoms with E-state index in [1.165, 1.54) is 0 Å². The van der Waals surface area contributed by atoms with Crippen LogP contribution in [0.5, 0.6) is 0 Å². The second-order valence-corrected chi connectivity index (χ2v) is 5.37. The van der Waals surface area contributed by atoms with Crippen LogP contribution in [-0.4, -0.2) is 29.6 Å². The third kappa shape index (κ3) is 3.01. The van der Waals surface area contributed by atoms with Crippen molar-refractivity contribution in [1.82, 2.24) is 4.72 Å². The van der Waals surface area contributed by atoms with Gasteiger partial charge in [0.15, 0.2) is 0 Å². The first-order chi connectivity index (χ1) is 6.15. The lowest BCUT2D eigenvalue weighted by Gasteiger charge is -2.28. The highest BCUT2D eigenvalue weighted by molar-refractivity contribution is 7.85. The number of hydrogen-bond acceptors (Lipinski definition) is 4. The first-order valence-electron chi connectivity index (χ1n) is 4.61. The fourth-order valence-corrected chi connectivity index (χ4v) is 2.92. The molecule has 78 valence electrons. The molecule has 0 amide bonds. The van der Waals surface area contributed by atoms with Gasteiger partial charge in [-0.3, -0.25) is 0 Å². The van der Waals surface area contributed by atoms with Gasteiger partial charge in [-0.25, -0.2) is 0 Å². The van der Waals surface area contributed by atoms with Crippen molar-refractivity contribution in [3.8, 4) is 5.37 Å². The minimum Gasteiger partial charge on any atom is -0.405 e. The third-order valence-electron chi connectivity index (χ3n) is 2.33. The first kappa shape index (κ1) is 11.1. The molecule has 1 aliphatic rings. The Morgan fingerprint density at radius 2 is 2.15 bits per heavy atom. The molecular formula is C9H18NO2S-. The van der Waals surface area contributed by atoms with E-state index >= 15 is 0 Å². The van der Waals surface area contributed by atoms with Crippen molar-refractivity contribution in [1.29, 1.82) is 0 Å². The number of hydrogen-bond donors (Lipinski definition) is 2. The van der Waals surface area contributed by atoms with Crippen molar-refractivity contribution in [2.45, 2.75) is 44.1 Å². The normalized spacial score (nSPS) is 36.8. The molecule has 1 heterocycles. The Morgan fingerprint density at radius 1 is 1.46 bits per heavy atom. The summed E-state index contributed by atoms with van der Waals surface area (Å²) in [5.74, 6) is 0. The average Bonchev–Trinajstić information content (AvgIpc) is 2.21. The first-order valence-corrected chi connectivity index (χ1v) is 5.90. The molecule has 13 heavy (non-hydrogen) atoms. The molecular weight excluding hydrogens is 186 g/mol. The van der Waals surface area contributed by atoms with Crippen LogP contribution in [0.25, 0.3) is 0 Å². The van der Waals surface area contributed by atoms with Gasteiger partial charge >= 0.3 is 0 Å². The molecule has 0 spiro atoms. The molecule has 1 fully saturated rings. The maximum absolute atomic E-state index is 9.63. The summed E-state index contributed by atoms with van der Waals surface area (Å²) in [5, 5.41) is 13.1. The van der Waals surface area contributed by atoms with Crippen molar-refractivity contribution in [3.05, 3.63) is 0 Å². The van der Waals surface area contributed by atoms with Gasteiger partial charge in [-0.2, -0.15) is 0 Å². The zero-order valence-electron chi connectivity index (χ0n) is 8.41. The predicted octanol–water partition coefficient (Wildman–Crippen LogP) is 0.604. The molecule has 1 rings (SSSR count). The van der Waals surface area contributed by atoms with Gasteiger partial charge in [-0.15, -0.1) is 10.6 Å². The van der Waals surface area contributed by atoms with Crippen molar-refractivity contribution < 1.29 is 9.84 Å². The zero-order valence-corrected chi connectivity index (χ0v) is 9.23. The van der Waals surface area contributed by atoms with E-state index in [1.807, 2.05) is 6.92 Å². The highest BCUT2D eigenvalue weighted by atomic mass is 32.2. The molecule has 0 radical (unpaired) electrons. The second-order valence-electron chi connectivity index (χ2n) is 3.49. The monoisotopic (exact) mass is 204 g/mol. The van der Waals surface area contributed by atoms with E-state index < -0.39 is 0 Å². The van der Waals surface area contributed by atoms with Gasteiger partial charge in [0.1, 0.15) is 0 Å². The molecule has 2 unspecified atom stereocenters. The number of aliphatic hydroxyl groups excluding tert-OH is 1. The fourth-order valence-electron chi connectivity index (χ4n) is 1.36. The molecule has 3 atom stereocenters. The molecule has 0 aromatic rings. The number of methoxy groups -OCH3 is 1. The van der Waals surface area contributed by atoms with Gasteiger partial charge in [-0.05, 0) is 13.3 Å². The number of rotatable bonds is 0. The Bertz CT molecular complexity index is 243. The van der Waals surface area contributed by atoms with Crippen LogP contribution < -0.4 is 4.72 Å². The van der Waals surface area contributed by atoms with Crippen LogP contribution in [0.1, 0.15) is 26.7 Å². The van der Waals surface area contributed by atoms with Crippen molar-refractivity contribution in [2.24, 2.45) is 0 Å². The molecule has 0 saturated carbocycles. The summed E-state index contributed by atoms with van der Waals surface area (Å²) < 4.78 is 8.23. The Kier molecular flexibility index (Phi) is 4.29. The smallest absolute Gasteiger partial charge is 0.0674 e. The van der Waals surface area contributed by atoms with Crippen molar-refractivity contribution in [3.63, 3.8) is 0 Å². The molecule has 1 aliphatic heterocycles. The Hall–Kier alpha value is 0.01000. The maximum Gasteiger partial charge on any atom is 0.0674 e. The SMILES string of the molecule is COC#[S-]1NC(C)C(O)CC[C@@H]1C. The minimum absolute atomic E-state index is 0.135. The van der Waals surface area contributed by atoms with Crippen LogP contribution in [0.15, 0.2) is 0 Å². The standard InChI is InChI=1S/C9H18NO2S/c1-7-4-5-9(11)8(2)10-13(7)6-12-3/h7-11H,4-5H2,1-3H3/q-1/t7-,8?,9?/m0/s1. The van der Waals surface area contributed by atoms with Gasteiger partial charge < -0.3 is 25.1 Å². The highest BCUT2D eigenvalue weighted by Crippen LogP contribution is 2.13. The van der Waals surface area contributed by atoms with Crippen LogP contribution >= 0.6 is 0 Å². The van der Waals surface area contributed by atoms with E-state index in [-0.39, 0.29) is 22.6 Å². The van der Waals surface area contributed by atoms with Crippen LogP contribution in [0, 0.1) is 5.37 Å². The lowest BCUT2D eigenvalue weighted by atomic mass is 10.1. The minimum atomic E-state index is -0.237. The summed E-state index contributed by atoms with van der Waals surface area (Å²) in [7, 11) is 1.48. The van der Waals surface area contributed by atoms with Gasteiger partial charge in [-0.1, -0.05) is 13.3 Å². The van der Waals surface area contributed by atoms with Crippen LogP contribution in [0.3, 0.4) is 0 Å². The zero-order chi connectivity index (χ0) is 9.84. The van der Waals surface area contributed by atoms with E-state index in [0.717, 1.165) is 12.8 Å². The van der Waals surface area contributed by atoms with E-state index in [0.29, 0.717) is 5.25 Å².